The molecular formula is C4H11NO5. The Labute approximate surface area is 57.5 Å². The molecule has 0 amide bonds. The molecule has 0 aromatic carbocycles. The van der Waals surface area contributed by atoms with Gasteiger partial charge >= 0.3 is 0 Å². The van der Waals surface area contributed by atoms with Crippen molar-refractivity contribution >= 4 is 5.97 Å². The molecular weight excluding hydrogens is 142 g/mol. The minimum atomic E-state index is -1.81. The van der Waals surface area contributed by atoms with E-state index in [4.69, 9.17) is 25.2 Å². The Morgan fingerprint density at radius 2 is 1.50 bits per heavy atom. The molecule has 0 aromatic heterocycles. The molecule has 1 atom stereocenters. The van der Waals surface area contributed by atoms with Crippen LogP contribution in [-0.4, -0.2) is 38.9 Å². The van der Waals surface area contributed by atoms with Gasteiger partial charge in [0.25, 0.3) is 5.97 Å². The molecule has 0 fully saturated rings. The Morgan fingerprint density at radius 3 is 1.50 bits per heavy atom. The molecule has 0 aromatic rings. The SMILES string of the molecule is CC(=O)O.NC(O)C(O)O. The zero-order valence-electron chi connectivity index (χ0n) is 5.43. The van der Waals surface area contributed by atoms with E-state index >= 15 is 0 Å². The lowest BCUT2D eigenvalue weighted by molar-refractivity contribution is -0.134. The van der Waals surface area contributed by atoms with Gasteiger partial charge in [0, 0.05) is 6.92 Å². The van der Waals surface area contributed by atoms with E-state index < -0.39 is 18.5 Å². The normalized spacial score (nSPS) is 11.8. The molecule has 10 heavy (non-hydrogen) atoms. The Bertz CT molecular complexity index is 81.6. The Morgan fingerprint density at radius 1 is 1.40 bits per heavy atom. The number of aliphatic hydroxyl groups is 3. The highest BCUT2D eigenvalue weighted by Crippen LogP contribution is 1.73. The third-order valence-corrected chi connectivity index (χ3v) is 0.305. The van der Waals surface area contributed by atoms with Gasteiger partial charge in [-0.1, -0.05) is 0 Å². The van der Waals surface area contributed by atoms with Gasteiger partial charge in [-0.2, -0.15) is 0 Å². The number of carboxylic acid groups (broad SMARTS) is 1. The number of aliphatic carboxylic acids is 1. The van der Waals surface area contributed by atoms with E-state index in [1.54, 1.807) is 0 Å². The summed E-state index contributed by atoms with van der Waals surface area (Å²) in [5.41, 5.74) is 4.49. The van der Waals surface area contributed by atoms with E-state index in [-0.39, 0.29) is 0 Å². The molecule has 0 radical (unpaired) electrons. The van der Waals surface area contributed by atoms with Crippen molar-refractivity contribution in [3.05, 3.63) is 0 Å². The van der Waals surface area contributed by atoms with Crippen molar-refractivity contribution in [2.45, 2.75) is 19.4 Å². The number of rotatable bonds is 1. The maximum Gasteiger partial charge on any atom is 0.300 e. The van der Waals surface area contributed by atoms with Crippen molar-refractivity contribution < 1.29 is 25.2 Å². The van der Waals surface area contributed by atoms with E-state index in [1.165, 1.54) is 0 Å². The molecule has 0 aliphatic heterocycles. The first-order valence-corrected chi connectivity index (χ1v) is 2.37. The highest BCUT2D eigenvalue weighted by atomic mass is 16.5. The van der Waals surface area contributed by atoms with Crippen LogP contribution in [0.15, 0.2) is 0 Å². The van der Waals surface area contributed by atoms with Gasteiger partial charge in [-0.05, 0) is 0 Å². The van der Waals surface area contributed by atoms with E-state index in [9.17, 15) is 0 Å². The second-order valence-corrected chi connectivity index (χ2v) is 1.42. The fourth-order valence-corrected chi connectivity index (χ4v) is 0. The van der Waals surface area contributed by atoms with Gasteiger partial charge in [-0.3, -0.25) is 4.79 Å². The van der Waals surface area contributed by atoms with E-state index in [1.807, 2.05) is 0 Å². The second kappa shape index (κ2) is 6.43. The zero-order valence-corrected chi connectivity index (χ0v) is 5.43. The van der Waals surface area contributed by atoms with Crippen LogP contribution in [0.5, 0.6) is 0 Å². The first kappa shape index (κ1) is 12.0. The first-order chi connectivity index (χ1) is 4.37. The van der Waals surface area contributed by atoms with Crippen molar-refractivity contribution in [2.75, 3.05) is 0 Å². The molecule has 6 N–H and O–H groups in total. The fourth-order valence-electron chi connectivity index (χ4n) is 0. The van der Waals surface area contributed by atoms with Crippen LogP contribution in [0.1, 0.15) is 6.92 Å². The van der Waals surface area contributed by atoms with Gasteiger partial charge in [0.1, 0.15) is 0 Å². The molecule has 0 bridgehead atoms. The summed E-state index contributed by atoms with van der Waals surface area (Å²) >= 11 is 0. The lowest BCUT2D eigenvalue weighted by atomic mass is 10.6. The summed E-state index contributed by atoms with van der Waals surface area (Å²) in [5.74, 6) is -0.833. The monoisotopic (exact) mass is 153 g/mol. The molecule has 6 nitrogen and oxygen atoms in total. The number of carbonyl (C=O) groups is 1. The number of carboxylic acids is 1. The predicted molar refractivity (Wildman–Crippen MR) is 31.7 cm³/mol. The summed E-state index contributed by atoms with van der Waals surface area (Å²) in [6, 6.07) is 0. The quantitative estimate of drug-likeness (QED) is 0.269. The standard InChI is InChI=1S/C2H7NO3.C2H4O2/c3-1(4)2(5)6;1-2(3)4/h1-2,4-6H,3H2;1H3,(H,3,4). The van der Waals surface area contributed by atoms with E-state index in [0.717, 1.165) is 6.92 Å². The number of aliphatic hydroxyl groups excluding tert-OH is 2. The lowest BCUT2D eigenvalue weighted by Crippen LogP contribution is -2.33. The average Bonchev–Trinajstić information content (AvgIpc) is 1.63. The third-order valence-electron chi connectivity index (χ3n) is 0.305. The van der Waals surface area contributed by atoms with Crippen LogP contribution in [0.2, 0.25) is 0 Å². The molecule has 0 rings (SSSR count). The van der Waals surface area contributed by atoms with E-state index in [0.29, 0.717) is 0 Å². The van der Waals surface area contributed by atoms with E-state index in [2.05, 4.69) is 5.73 Å². The molecule has 6 heteroatoms. The number of hydrogen-bond acceptors (Lipinski definition) is 5. The van der Waals surface area contributed by atoms with Gasteiger partial charge in [-0.15, -0.1) is 0 Å². The van der Waals surface area contributed by atoms with Gasteiger partial charge in [0.2, 0.25) is 0 Å². The molecule has 0 spiro atoms. The summed E-state index contributed by atoms with van der Waals surface area (Å²) in [6.07, 6.45) is -3.35. The molecule has 1 unspecified atom stereocenters. The Balaban J connectivity index is 0. The summed E-state index contributed by atoms with van der Waals surface area (Å²) in [7, 11) is 0. The zero-order chi connectivity index (χ0) is 8.73. The first-order valence-electron chi connectivity index (χ1n) is 2.37. The smallest absolute Gasteiger partial charge is 0.300 e. The lowest BCUT2D eigenvalue weighted by Gasteiger charge is -2.02. The molecule has 0 aliphatic rings. The van der Waals surface area contributed by atoms with Crippen LogP contribution in [0.3, 0.4) is 0 Å². The summed E-state index contributed by atoms with van der Waals surface area (Å²) in [5, 5.41) is 30.9. The Hall–Kier alpha value is -0.690. The maximum atomic E-state index is 9.00. The second-order valence-electron chi connectivity index (χ2n) is 1.42. The summed E-state index contributed by atoms with van der Waals surface area (Å²) in [6.45, 7) is 1.08. The minimum Gasteiger partial charge on any atom is -0.481 e. The third kappa shape index (κ3) is 26.6. The van der Waals surface area contributed by atoms with Crippen LogP contribution >= 0.6 is 0 Å². The molecule has 0 heterocycles. The topological polar surface area (TPSA) is 124 Å². The van der Waals surface area contributed by atoms with Gasteiger partial charge in [0.05, 0.1) is 0 Å². The highest BCUT2D eigenvalue weighted by molar-refractivity contribution is 5.62. The maximum absolute atomic E-state index is 9.00. The van der Waals surface area contributed by atoms with Crippen LogP contribution in [0.4, 0.5) is 0 Å². The minimum absolute atomic E-state index is 0.833. The van der Waals surface area contributed by atoms with Crippen LogP contribution in [-0.2, 0) is 4.79 Å². The summed E-state index contributed by atoms with van der Waals surface area (Å²) < 4.78 is 0. The van der Waals surface area contributed by atoms with Crippen molar-refractivity contribution in [2.24, 2.45) is 5.73 Å². The molecule has 0 saturated carbocycles. The van der Waals surface area contributed by atoms with Crippen molar-refractivity contribution in [3.8, 4) is 0 Å². The Kier molecular flexibility index (Phi) is 7.74. The van der Waals surface area contributed by atoms with Crippen molar-refractivity contribution in [1.82, 2.24) is 0 Å². The average molecular weight is 153 g/mol. The van der Waals surface area contributed by atoms with Crippen molar-refractivity contribution in [1.29, 1.82) is 0 Å². The van der Waals surface area contributed by atoms with Crippen LogP contribution < -0.4 is 5.73 Å². The highest BCUT2D eigenvalue weighted by Gasteiger charge is 2.02. The predicted octanol–water partition coefficient (Wildman–Crippen LogP) is -2.33. The van der Waals surface area contributed by atoms with Gasteiger partial charge in [-0.25, -0.2) is 0 Å². The van der Waals surface area contributed by atoms with Crippen molar-refractivity contribution in [3.63, 3.8) is 0 Å². The van der Waals surface area contributed by atoms with Gasteiger partial charge < -0.3 is 26.2 Å². The molecule has 62 valence electrons. The molecule has 0 saturated heterocycles. The molecule has 0 aliphatic carbocycles. The number of nitrogens with two attached hydrogens (primary N) is 1. The van der Waals surface area contributed by atoms with Gasteiger partial charge in [0.15, 0.2) is 12.5 Å². The van der Waals surface area contributed by atoms with Crippen LogP contribution in [0, 0.1) is 0 Å². The summed E-state index contributed by atoms with van der Waals surface area (Å²) in [4.78, 5) is 9.00. The van der Waals surface area contributed by atoms with Crippen LogP contribution in [0.25, 0.3) is 0 Å². The largest absolute Gasteiger partial charge is 0.481 e. The fraction of sp³-hybridized carbons (Fsp3) is 0.750. The number of hydrogen-bond donors (Lipinski definition) is 5.